The Balaban J connectivity index is 2.39. The molecular weight excluding hydrogens is 244 g/mol. The zero-order chi connectivity index (χ0) is 14.3. The third-order valence-corrected chi connectivity index (χ3v) is 2.98. The number of carbonyl (C=O) groups excluding carboxylic acids is 1. The molecule has 1 heterocycles. The van der Waals surface area contributed by atoms with Crippen LogP contribution >= 0.6 is 0 Å². The zero-order valence-electron chi connectivity index (χ0n) is 11.3. The lowest BCUT2D eigenvalue weighted by molar-refractivity contribution is -0.137. The van der Waals surface area contributed by atoms with Gasteiger partial charge in [0.05, 0.1) is 0 Å². The highest BCUT2D eigenvalue weighted by molar-refractivity contribution is 5.76. The van der Waals surface area contributed by atoms with Crippen LogP contribution in [0.2, 0.25) is 0 Å². The van der Waals surface area contributed by atoms with Gasteiger partial charge < -0.3 is 10.4 Å². The summed E-state index contributed by atoms with van der Waals surface area (Å²) in [6, 6.07) is 3.85. The van der Waals surface area contributed by atoms with E-state index in [1.54, 1.807) is 12.4 Å². The minimum atomic E-state index is -0.870. The number of carboxylic acid groups (broad SMARTS) is 1. The summed E-state index contributed by atoms with van der Waals surface area (Å²) in [6.45, 7) is 4.60. The Hall–Kier alpha value is -1.91. The van der Waals surface area contributed by atoms with Crippen LogP contribution in [-0.4, -0.2) is 28.5 Å². The van der Waals surface area contributed by atoms with Crippen molar-refractivity contribution in [2.75, 3.05) is 6.54 Å². The molecule has 0 unspecified atom stereocenters. The van der Waals surface area contributed by atoms with Crippen LogP contribution < -0.4 is 5.32 Å². The summed E-state index contributed by atoms with van der Waals surface area (Å²) in [6.07, 6.45) is 4.11. The fraction of sp³-hybridized carbons (Fsp3) is 0.500. The number of hydrogen-bond donors (Lipinski definition) is 2. The highest BCUT2D eigenvalue weighted by Crippen LogP contribution is 2.21. The number of rotatable bonds is 7. The topological polar surface area (TPSA) is 79.3 Å². The number of amides is 1. The Morgan fingerprint density at radius 2 is 1.89 bits per heavy atom. The van der Waals surface area contributed by atoms with E-state index in [9.17, 15) is 9.59 Å². The number of carboxylic acids is 1. The maximum absolute atomic E-state index is 11.6. The largest absolute Gasteiger partial charge is 0.481 e. The Labute approximate surface area is 113 Å². The minimum absolute atomic E-state index is 0.0289. The molecule has 0 saturated carbocycles. The van der Waals surface area contributed by atoms with Crippen molar-refractivity contribution in [2.24, 2.45) is 0 Å². The fourth-order valence-corrected chi connectivity index (χ4v) is 1.71. The molecule has 0 radical (unpaired) electrons. The summed E-state index contributed by atoms with van der Waals surface area (Å²) in [5, 5.41) is 11.3. The van der Waals surface area contributed by atoms with Gasteiger partial charge in [-0.1, -0.05) is 13.8 Å². The number of nitrogens with one attached hydrogen (secondary N) is 1. The van der Waals surface area contributed by atoms with Crippen LogP contribution in [0.3, 0.4) is 0 Å². The third-order valence-electron chi connectivity index (χ3n) is 2.98. The van der Waals surface area contributed by atoms with Gasteiger partial charge in [-0.05, 0) is 24.1 Å². The van der Waals surface area contributed by atoms with Gasteiger partial charge in [0.2, 0.25) is 5.91 Å². The van der Waals surface area contributed by atoms with Gasteiger partial charge in [0, 0.05) is 37.2 Å². The number of pyridine rings is 1. The average Bonchev–Trinajstić information content (AvgIpc) is 2.37. The molecule has 0 bridgehead atoms. The van der Waals surface area contributed by atoms with Crippen molar-refractivity contribution in [1.82, 2.24) is 10.3 Å². The van der Waals surface area contributed by atoms with Gasteiger partial charge >= 0.3 is 5.97 Å². The molecule has 1 aromatic heterocycles. The first-order chi connectivity index (χ1) is 8.92. The van der Waals surface area contributed by atoms with E-state index < -0.39 is 5.97 Å². The smallest absolute Gasteiger partial charge is 0.303 e. The molecule has 1 amide bonds. The molecule has 2 N–H and O–H groups in total. The molecular formula is C14H20N2O3. The van der Waals surface area contributed by atoms with Crippen LogP contribution in [-0.2, 0) is 15.0 Å². The van der Waals surface area contributed by atoms with E-state index >= 15 is 0 Å². The van der Waals surface area contributed by atoms with Crippen LogP contribution in [0.1, 0.15) is 38.7 Å². The van der Waals surface area contributed by atoms with Crippen molar-refractivity contribution in [3.63, 3.8) is 0 Å². The van der Waals surface area contributed by atoms with Crippen molar-refractivity contribution < 1.29 is 14.7 Å². The van der Waals surface area contributed by atoms with Crippen molar-refractivity contribution in [3.8, 4) is 0 Å². The first kappa shape index (κ1) is 15.1. The maximum Gasteiger partial charge on any atom is 0.303 e. The van der Waals surface area contributed by atoms with Gasteiger partial charge in [-0.15, -0.1) is 0 Å². The van der Waals surface area contributed by atoms with Crippen LogP contribution in [0.25, 0.3) is 0 Å². The monoisotopic (exact) mass is 264 g/mol. The Morgan fingerprint density at radius 1 is 1.26 bits per heavy atom. The first-order valence-electron chi connectivity index (χ1n) is 6.31. The SMILES string of the molecule is CC(C)(CNC(=O)CCCC(=O)O)c1ccncc1. The van der Waals surface area contributed by atoms with Gasteiger partial charge in [-0.2, -0.15) is 0 Å². The lowest BCUT2D eigenvalue weighted by Crippen LogP contribution is -2.36. The minimum Gasteiger partial charge on any atom is -0.481 e. The molecule has 0 aliphatic rings. The van der Waals surface area contributed by atoms with Crippen molar-refractivity contribution in [1.29, 1.82) is 0 Å². The molecule has 5 nitrogen and oxygen atoms in total. The highest BCUT2D eigenvalue weighted by Gasteiger charge is 2.21. The van der Waals surface area contributed by atoms with Crippen molar-refractivity contribution >= 4 is 11.9 Å². The number of nitrogens with zero attached hydrogens (tertiary/aromatic N) is 1. The fourth-order valence-electron chi connectivity index (χ4n) is 1.71. The van der Waals surface area contributed by atoms with Crippen LogP contribution in [0.4, 0.5) is 0 Å². The molecule has 0 fully saturated rings. The first-order valence-corrected chi connectivity index (χ1v) is 6.31. The zero-order valence-corrected chi connectivity index (χ0v) is 11.3. The summed E-state index contributed by atoms with van der Waals surface area (Å²) >= 11 is 0. The molecule has 5 heteroatoms. The summed E-state index contributed by atoms with van der Waals surface area (Å²) in [5.74, 6) is -0.978. The van der Waals surface area contributed by atoms with Crippen LogP contribution in [0.5, 0.6) is 0 Å². The third kappa shape index (κ3) is 5.50. The number of aromatic nitrogens is 1. The quantitative estimate of drug-likeness (QED) is 0.786. The lowest BCUT2D eigenvalue weighted by Gasteiger charge is -2.25. The summed E-state index contributed by atoms with van der Waals surface area (Å²) in [4.78, 5) is 25.9. The Kier molecular flexibility index (Phi) is 5.48. The van der Waals surface area contributed by atoms with E-state index in [0.29, 0.717) is 13.0 Å². The Bertz CT molecular complexity index is 430. The number of aliphatic carboxylic acids is 1. The van der Waals surface area contributed by atoms with Crippen molar-refractivity contribution in [2.45, 2.75) is 38.5 Å². The predicted molar refractivity (Wildman–Crippen MR) is 71.8 cm³/mol. The molecule has 1 rings (SSSR count). The average molecular weight is 264 g/mol. The molecule has 104 valence electrons. The van der Waals surface area contributed by atoms with Gasteiger partial charge in [-0.3, -0.25) is 14.6 Å². The summed E-state index contributed by atoms with van der Waals surface area (Å²) < 4.78 is 0. The number of carbonyl (C=O) groups is 2. The van der Waals surface area contributed by atoms with E-state index in [1.165, 1.54) is 0 Å². The molecule has 0 saturated heterocycles. The van der Waals surface area contributed by atoms with Gasteiger partial charge in [0.15, 0.2) is 0 Å². The second-order valence-corrected chi connectivity index (χ2v) is 5.14. The molecule has 0 aliphatic carbocycles. The Morgan fingerprint density at radius 3 is 2.47 bits per heavy atom. The predicted octanol–water partition coefficient (Wildman–Crippen LogP) is 1.73. The maximum atomic E-state index is 11.6. The molecule has 1 aromatic rings. The molecule has 0 aliphatic heterocycles. The van der Waals surface area contributed by atoms with Crippen molar-refractivity contribution in [3.05, 3.63) is 30.1 Å². The van der Waals surface area contributed by atoms with Gasteiger partial charge in [0.1, 0.15) is 0 Å². The standard InChI is InChI=1S/C14H20N2O3/c1-14(2,11-6-8-15-9-7-11)10-16-12(17)4-3-5-13(18)19/h6-9H,3-5,10H2,1-2H3,(H,16,17)(H,18,19). The van der Waals surface area contributed by atoms with Crippen LogP contribution in [0, 0.1) is 0 Å². The molecule has 0 atom stereocenters. The number of hydrogen-bond acceptors (Lipinski definition) is 3. The highest BCUT2D eigenvalue weighted by atomic mass is 16.4. The van der Waals surface area contributed by atoms with Gasteiger partial charge in [0.25, 0.3) is 0 Å². The normalized spacial score (nSPS) is 11.1. The van der Waals surface area contributed by atoms with E-state index in [1.807, 2.05) is 26.0 Å². The van der Waals surface area contributed by atoms with Gasteiger partial charge in [-0.25, -0.2) is 0 Å². The van der Waals surface area contributed by atoms with E-state index in [4.69, 9.17) is 5.11 Å². The lowest BCUT2D eigenvalue weighted by atomic mass is 9.85. The van der Waals surface area contributed by atoms with E-state index in [-0.39, 0.29) is 24.2 Å². The summed E-state index contributed by atoms with van der Waals surface area (Å²) in [7, 11) is 0. The second kappa shape index (κ2) is 6.87. The molecule has 0 spiro atoms. The molecule has 0 aromatic carbocycles. The second-order valence-electron chi connectivity index (χ2n) is 5.14. The van der Waals surface area contributed by atoms with Crippen LogP contribution in [0.15, 0.2) is 24.5 Å². The summed E-state index contributed by atoms with van der Waals surface area (Å²) in [5.41, 5.74) is 0.930. The molecule has 19 heavy (non-hydrogen) atoms. The van der Waals surface area contributed by atoms with E-state index in [2.05, 4.69) is 10.3 Å². The van der Waals surface area contributed by atoms with E-state index in [0.717, 1.165) is 5.56 Å².